The van der Waals surface area contributed by atoms with E-state index < -0.39 is 82.6 Å². The van der Waals surface area contributed by atoms with Crippen LogP contribution in [0, 0.1) is 11.3 Å². The Morgan fingerprint density at radius 2 is 1.24 bits per heavy atom. The molecule has 3 aromatic rings. The van der Waals surface area contributed by atoms with Gasteiger partial charge in [0.1, 0.15) is 18.3 Å². The van der Waals surface area contributed by atoms with Gasteiger partial charge in [0, 0.05) is 109 Å². The molecule has 5 rings (SSSR count). The highest BCUT2D eigenvalue weighted by Gasteiger charge is 2.43. The van der Waals surface area contributed by atoms with Crippen molar-refractivity contribution in [3.05, 3.63) is 54.1 Å². The fraction of sp³-hybridized carbons (Fsp3) is 0.613. The Labute approximate surface area is 531 Å². The smallest absolute Gasteiger partial charge is 0.326 e. The van der Waals surface area contributed by atoms with Crippen molar-refractivity contribution in [2.45, 2.75) is 124 Å². The zero-order valence-electron chi connectivity index (χ0n) is 54.1. The van der Waals surface area contributed by atoms with Crippen molar-refractivity contribution in [1.29, 1.82) is 0 Å². The summed E-state index contributed by atoms with van der Waals surface area (Å²) in [6.07, 6.45) is 1.42. The van der Waals surface area contributed by atoms with E-state index in [4.69, 9.17) is 10.5 Å². The predicted molar refractivity (Wildman–Crippen MR) is 335 cm³/mol. The third kappa shape index (κ3) is 22.4. The number of amides is 6. The van der Waals surface area contributed by atoms with Gasteiger partial charge in [0.05, 0.1) is 61.0 Å². The van der Waals surface area contributed by atoms with E-state index >= 15 is 0 Å². The Morgan fingerprint density at radius 3 is 1.78 bits per heavy atom. The van der Waals surface area contributed by atoms with Crippen LogP contribution in [0.5, 0.6) is 0 Å². The number of benzene rings is 2. The first-order chi connectivity index (χ1) is 42.8. The molecule has 1 saturated heterocycles. The lowest BCUT2D eigenvalue weighted by Crippen LogP contribution is -2.56. The highest BCUT2D eigenvalue weighted by Crippen LogP contribution is 2.41. The molecular weight excluding hydrogens is 1180 g/mol. The Bertz CT molecular complexity index is 3010. The number of nitrogens with one attached hydrogen (secondary N) is 3. The van der Waals surface area contributed by atoms with Gasteiger partial charge in [-0.25, -0.2) is 9.48 Å². The number of hydrogen-bond donors (Lipinski definition) is 8. The van der Waals surface area contributed by atoms with Crippen molar-refractivity contribution in [2.75, 3.05) is 117 Å². The molecule has 0 radical (unpaired) electrons. The van der Waals surface area contributed by atoms with Crippen molar-refractivity contribution in [1.82, 2.24) is 60.6 Å². The lowest BCUT2D eigenvalue weighted by Gasteiger charge is -2.39. The van der Waals surface area contributed by atoms with Crippen LogP contribution in [0.2, 0.25) is 0 Å². The van der Waals surface area contributed by atoms with Gasteiger partial charge in [-0.1, -0.05) is 68.4 Å². The molecule has 0 bridgehead atoms. The quantitative estimate of drug-likeness (QED) is 0.0346. The second kappa shape index (κ2) is 33.9. The third-order valence-electron chi connectivity index (χ3n) is 16.7. The summed E-state index contributed by atoms with van der Waals surface area (Å²) in [6.45, 7) is 15.0. The van der Waals surface area contributed by atoms with Crippen LogP contribution in [0.25, 0.3) is 22.5 Å². The van der Waals surface area contributed by atoms with Crippen LogP contribution in [0.15, 0.2) is 48.5 Å². The van der Waals surface area contributed by atoms with Crippen LogP contribution >= 0.6 is 0 Å². The lowest BCUT2D eigenvalue weighted by molar-refractivity contribution is -0.166. The van der Waals surface area contributed by atoms with Gasteiger partial charge >= 0.3 is 23.9 Å². The Balaban J connectivity index is 1.23. The number of hydrazine groups is 1. The van der Waals surface area contributed by atoms with Gasteiger partial charge in [-0.3, -0.25) is 72.8 Å². The molecule has 91 heavy (non-hydrogen) atoms. The molecule has 0 aliphatic carbocycles. The molecule has 2 aliphatic heterocycles. The normalized spacial score (nSPS) is 15.6. The van der Waals surface area contributed by atoms with E-state index in [2.05, 4.69) is 26.3 Å². The van der Waals surface area contributed by atoms with Gasteiger partial charge in [0.15, 0.2) is 0 Å². The van der Waals surface area contributed by atoms with Gasteiger partial charge in [-0.15, -0.1) is 5.10 Å². The molecule has 1 aromatic heterocycles. The SMILES string of the molecule is CC(=O)N(C)N(CCCCC(NC(=O)Cn1nnc2c1-c1ccccc1CN(C(=O)CCNC(=O)CN1CCN(CC(=O)O)CCN(CC(=O)O)CCN(CC(=O)O)CC1)c1ccccc1-2)C(=O)O)C(=O)C(C)C(C)(C)C(=O)NC(C)(C)CCOC(C)(C)CCN. The summed E-state index contributed by atoms with van der Waals surface area (Å²) in [5.74, 6) is -8.18. The summed E-state index contributed by atoms with van der Waals surface area (Å²) in [5, 5.41) is 58.9. The van der Waals surface area contributed by atoms with Crippen LogP contribution in [-0.4, -0.2) is 253 Å². The Morgan fingerprint density at radius 1 is 0.703 bits per heavy atom. The molecule has 29 nitrogen and oxygen atoms in total. The van der Waals surface area contributed by atoms with Crippen molar-refractivity contribution in [3.8, 4) is 22.5 Å². The number of para-hydroxylation sites is 1. The number of aromatic nitrogens is 3. The fourth-order valence-electron chi connectivity index (χ4n) is 10.7. The number of carboxylic acid groups (broad SMARTS) is 4. The maximum absolute atomic E-state index is 14.4. The first kappa shape index (κ1) is 73.8. The predicted octanol–water partition coefficient (Wildman–Crippen LogP) is 1.49. The van der Waals surface area contributed by atoms with Crippen LogP contribution in [0.1, 0.15) is 99.5 Å². The lowest BCUT2D eigenvalue weighted by atomic mass is 9.77. The highest BCUT2D eigenvalue weighted by molar-refractivity contribution is 6.00. The molecule has 502 valence electrons. The summed E-state index contributed by atoms with van der Waals surface area (Å²) in [4.78, 5) is 139. The average molecular weight is 1280 g/mol. The minimum Gasteiger partial charge on any atom is -0.480 e. The van der Waals surface area contributed by atoms with Crippen molar-refractivity contribution in [3.63, 3.8) is 0 Å². The zero-order chi connectivity index (χ0) is 67.4. The molecule has 2 aliphatic rings. The molecule has 2 atom stereocenters. The number of fused-ring (bicyclic) bond motifs is 5. The van der Waals surface area contributed by atoms with E-state index in [0.29, 0.717) is 59.8 Å². The van der Waals surface area contributed by atoms with Crippen LogP contribution in [0.4, 0.5) is 5.69 Å². The van der Waals surface area contributed by atoms with E-state index in [1.165, 1.54) is 28.7 Å². The van der Waals surface area contributed by atoms with Gasteiger partial charge in [0.25, 0.3) is 0 Å². The summed E-state index contributed by atoms with van der Waals surface area (Å²) in [5.41, 5.74) is 6.39. The molecule has 9 N–H and O–H groups in total. The number of anilines is 1. The molecule has 1 fully saturated rings. The van der Waals surface area contributed by atoms with Gasteiger partial charge < -0.3 is 51.7 Å². The van der Waals surface area contributed by atoms with E-state index in [-0.39, 0.29) is 136 Å². The van der Waals surface area contributed by atoms with Gasteiger partial charge in [0.2, 0.25) is 35.4 Å². The molecule has 2 aromatic carbocycles. The van der Waals surface area contributed by atoms with E-state index in [0.717, 1.165) is 0 Å². The van der Waals surface area contributed by atoms with E-state index in [9.17, 15) is 68.4 Å². The van der Waals surface area contributed by atoms with E-state index in [1.54, 1.807) is 87.7 Å². The maximum Gasteiger partial charge on any atom is 0.326 e. The minimum atomic E-state index is -1.36. The number of unbranched alkanes of at least 4 members (excludes halogenated alkanes) is 1. The van der Waals surface area contributed by atoms with E-state index in [1.807, 2.05) is 33.8 Å². The standard InChI is InChI=1S/C62H94N14O15/c1-42(62(7,8)59(90)66-60(3,4)23-35-91-61(5,6)22-24-63)57(87)76(69(9)43(2)77)26-15-14-19-47(58(88)89)65-50(79)38-75-56-45-17-11-10-16-44(45)36-74(48-20-13-12-18-46(48)55(56)67-68-75)51(80)21-25-64-49(78)37-70-27-29-71(39-52(81)82)31-33-73(41-54(85)86)34-32-72(30-28-70)40-53(83)84/h10-13,16-18,20,42,47H,14-15,19,21-41,63H2,1-9H3,(H,64,78)(H,65,79)(H,66,90)(H,81,82)(H,83,84)(H,85,86)(H,88,89). The number of nitrogens with two attached hydrogens (primary N) is 1. The number of nitrogens with zero attached hydrogens (tertiary/aromatic N) is 10. The molecule has 3 heterocycles. The first-order valence-corrected chi connectivity index (χ1v) is 30.8. The highest BCUT2D eigenvalue weighted by atomic mass is 16.5. The summed E-state index contributed by atoms with van der Waals surface area (Å²) in [7, 11) is 1.44. The topological polar surface area (TPSA) is 376 Å². The third-order valence-corrected chi connectivity index (χ3v) is 16.7. The second-order valence-electron chi connectivity index (χ2n) is 25.1. The molecule has 0 saturated carbocycles. The zero-order valence-corrected chi connectivity index (χ0v) is 54.1. The molecular formula is C62H94N14O15. The summed E-state index contributed by atoms with van der Waals surface area (Å²) < 4.78 is 7.40. The summed E-state index contributed by atoms with van der Waals surface area (Å²) in [6, 6.07) is 12.9. The Kier molecular flexibility index (Phi) is 27.5. The number of aliphatic carboxylic acids is 4. The van der Waals surface area contributed by atoms with Crippen LogP contribution in [0.3, 0.4) is 0 Å². The molecule has 29 heteroatoms. The van der Waals surface area contributed by atoms with Crippen molar-refractivity contribution >= 4 is 65.0 Å². The fourth-order valence-corrected chi connectivity index (χ4v) is 10.7. The van der Waals surface area contributed by atoms with Gasteiger partial charge in [-0.05, 0) is 78.0 Å². The summed E-state index contributed by atoms with van der Waals surface area (Å²) >= 11 is 0. The van der Waals surface area contributed by atoms with Crippen LogP contribution in [-0.2, 0) is 65.8 Å². The number of hydrogen-bond acceptors (Lipinski definition) is 18. The van der Waals surface area contributed by atoms with Crippen molar-refractivity contribution < 1.29 is 73.1 Å². The van der Waals surface area contributed by atoms with Crippen molar-refractivity contribution in [2.24, 2.45) is 17.1 Å². The largest absolute Gasteiger partial charge is 0.480 e. The average Bonchev–Trinajstić information content (AvgIpc) is 1.72. The number of carboxylic acids is 4. The monoisotopic (exact) mass is 1270 g/mol. The van der Waals surface area contributed by atoms with Crippen LogP contribution < -0.4 is 26.6 Å². The van der Waals surface area contributed by atoms with Gasteiger partial charge in [-0.2, -0.15) is 0 Å². The molecule has 6 amide bonds. The first-order valence-electron chi connectivity index (χ1n) is 30.8. The molecule has 2 unspecified atom stereocenters. The second-order valence-corrected chi connectivity index (χ2v) is 25.1. The maximum atomic E-state index is 14.4. The molecule has 0 spiro atoms. The Hall–Kier alpha value is -7.96. The number of carbonyl (C=O) groups excluding carboxylic acids is 6. The minimum absolute atomic E-state index is 0.00306. The number of ether oxygens (including phenoxy) is 1. The number of carbonyl (C=O) groups is 10. The number of rotatable bonds is 30.